The maximum atomic E-state index is 14.4. The zero-order valence-electron chi connectivity index (χ0n) is 21.3. The van der Waals surface area contributed by atoms with Gasteiger partial charge in [-0.3, -0.25) is 9.59 Å². The minimum atomic E-state index is -1.27. The Bertz CT molecular complexity index is 1130. The molecule has 2 saturated heterocycles. The largest absolute Gasteiger partial charge is 0.492 e. The summed E-state index contributed by atoms with van der Waals surface area (Å²) in [6, 6.07) is 11.9. The van der Waals surface area contributed by atoms with Crippen molar-refractivity contribution in [3.8, 4) is 5.75 Å². The Balaban J connectivity index is 1.42. The molecule has 3 atom stereocenters. The highest BCUT2D eigenvalue weighted by Crippen LogP contribution is 2.21. The van der Waals surface area contributed by atoms with E-state index in [0.29, 0.717) is 44.9 Å². The second-order valence-electron chi connectivity index (χ2n) is 9.42. The molecular weight excluding hydrogens is 495 g/mol. The molecule has 38 heavy (non-hydrogen) atoms. The fraction of sp³-hybridized carbons (Fsp3) is 0.444. The summed E-state index contributed by atoms with van der Waals surface area (Å²) in [5.41, 5.74) is 1.45. The van der Waals surface area contributed by atoms with E-state index < -0.39 is 30.1 Å². The van der Waals surface area contributed by atoms with E-state index >= 15 is 0 Å². The Morgan fingerprint density at radius 1 is 1.18 bits per heavy atom. The summed E-state index contributed by atoms with van der Waals surface area (Å²) in [6.07, 6.45) is -1.61. The molecule has 10 nitrogen and oxygen atoms in total. The molecule has 0 bridgehead atoms. The number of aliphatic hydroxyl groups excluding tert-OH is 1. The summed E-state index contributed by atoms with van der Waals surface area (Å²) < 4.78 is 25.0. The minimum Gasteiger partial charge on any atom is -0.492 e. The van der Waals surface area contributed by atoms with Gasteiger partial charge in [-0.1, -0.05) is 30.3 Å². The number of nitrogens with one attached hydrogen (secondary N) is 2. The van der Waals surface area contributed by atoms with Crippen LogP contribution in [0.1, 0.15) is 18.1 Å². The quantitative estimate of drug-likeness (QED) is 0.399. The normalized spacial score (nSPS) is 19.2. The van der Waals surface area contributed by atoms with Crippen LogP contribution in [0.5, 0.6) is 5.75 Å². The number of ether oxygens (including phenoxy) is 2. The lowest BCUT2D eigenvalue weighted by molar-refractivity contribution is -0.141. The van der Waals surface area contributed by atoms with Crippen LogP contribution in [0.3, 0.4) is 0 Å². The lowest BCUT2D eigenvalue weighted by Gasteiger charge is -2.38. The Labute approximate surface area is 220 Å². The summed E-state index contributed by atoms with van der Waals surface area (Å²) in [5.74, 6) is -0.949. The molecule has 204 valence electrons. The third kappa shape index (κ3) is 7.20. The van der Waals surface area contributed by atoms with E-state index in [0.717, 1.165) is 5.56 Å². The standard InChI is InChI=1S/C27H33FN4O6/c1-18(33)30-23(25(34)24-26(35)32(8-7-29-24)17-19-5-3-2-4-6-19)15-20-13-21(28)16-22(14-20)37-11-9-31-10-12-38-27(31)36/h2-6,13-14,16,23-25,29,34H,7-12,15,17H2,1H3,(H,30,33)/t23-,24-,25-/m0/s1. The molecule has 0 saturated carbocycles. The minimum absolute atomic E-state index is 0.0669. The van der Waals surface area contributed by atoms with Gasteiger partial charge in [0.15, 0.2) is 0 Å². The van der Waals surface area contributed by atoms with Crippen LogP contribution < -0.4 is 15.4 Å². The average Bonchev–Trinajstić information content (AvgIpc) is 3.29. The van der Waals surface area contributed by atoms with Gasteiger partial charge in [0.25, 0.3) is 0 Å². The summed E-state index contributed by atoms with van der Waals surface area (Å²) in [4.78, 5) is 39.9. The van der Waals surface area contributed by atoms with Crippen molar-refractivity contribution >= 4 is 17.9 Å². The van der Waals surface area contributed by atoms with Gasteiger partial charge in [-0.15, -0.1) is 0 Å². The number of nitrogens with zero attached hydrogens (tertiary/aromatic N) is 2. The number of hydrogen-bond acceptors (Lipinski definition) is 7. The topological polar surface area (TPSA) is 120 Å². The Morgan fingerprint density at radius 2 is 1.97 bits per heavy atom. The number of hydrogen-bond donors (Lipinski definition) is 3. The van der Waals surface area contributed by atoms with Gasteiger partial charge in [0.05, 0.1) is 25.2 Å². The number of piperazine rings is 1. The molecule has 4 rings (SSSR count). The lowest BCUT2D eigenvalue weighted by atomic mass is 9.94. The van der Waals surface area contributed by atoms with Crippen molar-refractivity contribution in [1.29, 1.82) is 0 Å². The first kappa shape index (κ1) is 27.3. The molecule has 0 aliphatic carbocycles. The van der Waals surface area contributed by atoms with E-state index in [4.69, 9.17) is 9.47 Å². The lowest BCUT2D eigenvalue weighted by Crippen LogP contribution is -2.63. The third-order valence-electron chi connectivity index (χ3n) is 6.54. The van der Waals surface area contributed by atoms with Crippen LogP contribution in [0.4, 0.5) is 9.18 Å². The van der Waals surface area contributed by atoms with Gasteiger partial charge in [0, 0.05) is 32.6 Å². The molecule has 11 heteroatoms. The van der Waals surface area contributed by atoms with Crippen molar-refractivity contribution in [1.82, 2.24) is 20.4 Å². The second kappa shape index (κ2) is 12.7. The van der Waals surface area contributed by atoms with Crippen molar-refractivity contribution in [2.75, 3.05) is 39.4 Å². The van der Waals surface area contributed by atoms with Crippen LogP contribution in [0, 0.1) is 5.82 Å². The molecular formula is C27H33FN4O6. The first-order chi connectivity index (χ1) is 18.3. The Morgan fingerprint density at radius 3 is 2.68 bits per heavy atom. The molecule has 0 aromatic heterocycles. The first-order valence-corrected chi connectivity index (χ1v) is 12.7. The van der Waals surface area contributed by atoms with Gasteiger partial charge >= 0.3 is 6.09 Å². The molecule has 2 heterocycles. The summed E-state index contributed by atoms with van der Waals surface area (Å²) in [7, 11) is 0. The first-order valence-electron chi connectivity index (χ1n) is 12.7. The zero-order chi connectivity index (χ0) is 27.1. The maximum absolute atomic E-state index is 14.4. The summed E-state index contributed by atoms with van der Waals surface area (Å²) >= 11 is 0. The van der Waals surface area contributed by atoms with E-state index in [-0.39, 0.29) is 30.6 Å². The summed E-state index contributed by atoms with van der Waals surface area (Å²) in [5, 5.41) is 17.0. The second-order valence-corrected chi connectivity index (χ2v) is 9.42. The number of amides is 3. The molecule has 2 fully saturated rings. The van der Waals surface area contributed by atoms with Gasteiger partial charge in [-0.25, -0.2) is 9.18 Å². The molecule has 3 N–H and O–H groups in total. The molecule has 2 aliphatic rings. The van der Waals surface area contributed by atoms with E-state index in [9.17, 15) is 23.9 Å². The van der Waals surface area contributed by atoms with Crippen LogP contribution in [-0.4, -0.2) is 90.4 Å². The highest BCUT2D eigenvalue weighted by molar-refractivity contribution is 5.83. The maximum Gasteiger partial charge on any atom is 0.410 e. The van der Waals surface area contributed by atoms with Gasteiger partial charge in [-0.05, 0) is 29.7 Å². The Hall–Kier alpha value is -3.70. The van der Waals surface area contributed by atoms with Crippen LogP contribution in [0.25, 0.3) is 0 Å². The molecule has 2 aliphatic heterocycles. The van der Waals surface area contributed by atoms with Crippen molar-refractivity contribution in [2.45, 2.75) is 38.1 Å². The van der Waals surface area contributed by atoms with Crippen LogP contribution in [-0.2, 0) is 27.3 Å². The van der Waals surface area contributed by atoms with Gasteiger partial charge in [-0.2, -0.15) is 0 Å². The van der Waals surface area contributed by atoms with E-state index in [1.807, 2.05) is 30.3 Å². The number of carbonyl (C=O) groups is 3. The smallest absolute Gasteiger partial charge is 0.410 e. The predicted molar refractivity (Wildman–Crippen MR) is 136 cm³/mol. The monoisotopic (exact) mass is 528 g/mol. The number of rotatable bonds is 11. The number of aliphatic hydroxyl groups is 1. The molecule has 2 aromatic rings. The van der Waals surface area contributed by atoms with Crippen molar-refractivity contribution in [3.05, 3.63) is 65.5 Å². The van der Waals surface area contributed by atoms with Crippen molar-refractivity contribution in [2.24, 2.45) is 0 Å². The van der Waals surface area contributed by atoms with Gasteiger partial charge < -0.3 is 35.0 Å². The SMILES string of the molecule is CC(=O)N[C@@H](Cc1cc(F)cc(OCCN2CCOC2=O)c1)[C@H](O)[C@@H]1NCCN(Cc2ccccc2)C1=O. The fourth-order valence-electron chi connectivity index (χ4n) is 4.71. The Kier molecular flexibility index (Phi) is 9.14. The molecule has 0 unspecified atom stereocenters. The average molecular weight is 529 g/mol. The molecule has 0 radical (unpaired) electrons. The van der Waals surface area contributed by atoms with E-state index in [2.05, 4.69) is 10.6 Å². The molecule has 2 aromatic carbocycles. The number of carbonyl (C=O) groups excluding carboxylic acids is 3. The molecule has 3 amide bonds. The number of benzene rings is 2. The summed E-state index contributed by atoms with van der Waals surface area (Å²) in [6.45, 7) is 3.95. The zero-order valence-corrected chi connectivity index (χ0v) is 21.3. The fourth-order valence-corrected chi connectivity index (χ4v) is 4.71. The van der Waals surface area contributed by atoms with Crippen molar-refractivity contribution < 1.29 is 33.4 Å². The predicted octanol–water partition coefficient (Wildman–Crippen LogP) is 1.07. The van der Waals surface area contributed by atoms with Gasteiger partial charge in [0.1, 0.15) is 30.8 Å². The highest BCUT2D eigenvalue weighted by atomic mass is 19.1. The van der Waals surface area contributed by atoms with Crippen LogP contribution in [0.2, 0.25) is 0 Å². The number of halogens is 1. The highest BCUT2D eigenvalue weighted by Gasteiger charge is 2.38. The van der Waals surface area contributed by atoms with Crippen LogP contribution in [0.15, 0.2) is 48.5 Å². The van der Waals surface area contributed by atoms with E-state index in [1.165, 1.54) is 24.0 Å². The van der Waals surface area contributed by atoms with E-state index in [1.54, 1.807) is 11.0 Å². The molecule has 0 spiro atoms. The van der Waals surface area contributed by atoms with Crippen molar-refractivity contribution in [3.63, 3.8) is 0 Å². The van der Waals surface area contributed by atoms with Crippen LogP contribution >= 0.6 is 0 Å². The van der Waals surface area contributed by atoms with Gasteiger partial charge in [0.2, 0.25) is 11.8 Å². The third-order valence-corrected chi connectivity index (χ3v) is 6.54. The number of cyclic esters (lactones) is 1.